The number of nitrogens with zero attached hydrogens (tertiary/aromatic N) is 3. The minimum atomic E-state index is 0.601. The highest BCUT2D eigenvalue weighted by Crippen LogP contribution is 2.28. The van der Waals surface area contributed by atoms with Crippen molar-refractivity contribution >= 4 is 5.96 Å². The third-order valence-electron chi connectivity index (χ3n) is 5.53. The van der Waals surface area contributed by atoms with Gasteiger partial charge >= 0.3 is 0 Å². The van der Waals surface area contributed by atoms with Gasteiger partial charge in [-0.3, -0.25) is 4.99 Å². The summed E-state index contributed by atoms with van der Waals surface area (Å²) in [4.78, 5) is 9.30. The lowest BCUT2D eigenvalue weighted by atomic mass is 9.83. The molecule has 0 aromatic heterocycles. The highest BCUT2D eigenvalue weighted by Gasteiger charge is 2.28. The Labute approximate surface area is 142 Å². The molecule has 0 aromatic rings. The number of hydrogen-bond acceptors (Lipinski definition) is 3. The number of aliphatic imine (C=N–C) groups is 1. The average Bonchev–Trinajstić information content (AvgIpc) is 3.01. The van der Waals surface area contributed by atoms with Crippen molar-refractivity contribution in [3.63, 3.8) is 0 Å². The van der Waals surface area contributed by atoms with Gasteiger partial charge in [-0.15, -0.1) is 0 Å². The van der Waals surface area contributed by atoms with Crippen molar-refractivity contribution in [3.8, 4) is 0 Å². The fraction of sp³-hybridized carbons (Fsp3) is 0.944. The second-order valence-electron chi connectivity index (χ2n) is 7.41. The van der Waals surface area contributed by atoms with Gasteiger partial charge in [0.05, 0.1) is 6.61 Å². The van der Waals surface area contributed by atoms with Gasteiger partial charge in [0, 0.05) is 45.8 Å². The number of hydrogen-bond donors (Lipinski definition) is 1. The zero-order chi connectivity index (χ0) is 16.7. The van der Waals surface area contributed by atoms with Crippen LogP contribution >= 0.6 is 0 Å². The van der Waals surface area contributed by atoms with Gasteiger partial charge in [-0.05, 0) is 39.3 Å². The minimum Gasteiger partial charge on any atom is -0.384 e. The second kappa shape index (κ2) is 9.48. The molecule has 1 saturated carbocycles. The Hall–Kier alpha value is -0.810. The van der Waals surface area contributed by atoms with Gasteiger partial charge < -0.3 is 19.9 Å². The maximum absolute atomic E-state index is 5.30. The van der Waals surface area contributed by atoms with E-state index in [0.29, 0.717) is 12.0 Å². The molecule has 0 aromatic carbocycles. The van der Waals surface area contributed by atoms with Crippen LogP contribution in [-0.4, -0.2) is 76.3 Å². The van der Waals surface area contributed by atoms with Crippen LogP contribution in [0.1, 0.15) is 38.5 Å². The summed E-state index contributed by atoms with van der Waals surface area (Å²) in [5.74, 6) is 2.52. The molecule has 2 atom stereocenters. The standard InChI is InChI=1S/C18H36N4O/c1-19-18(22-11-10-15(13-22)14-23-4)20-12-17(21(2)3)16-8-6-5-7-9-16/h15-17H,5-14H2,1-4H3,(H,19,20). The van der Waals surface area contributed by atoms with Crippen molar-refractivity contribution in [2.45, 2.75) is 44.6 Å². The van der Waals surface area contributed by atoms with Crippen LogP contribution in [0.4, 0.5) is 0 Å². The predicted octanol–water partition coefficient (Wildman–Crippen LogP) is 2.04. The quantitative estimate of drug-likeness (QED) is 0.599. The SMILES string of the molecule is CN=C(NCC(C1CCCCC1)N(C)C)N1CCC(COC)C1. The zero-order valence-electron chi connectivity index (χ0n) is 15.6. The van der Waals surface area contributed by atoms with Crippen LogP contribution in [0.2, 0.25) is 0 Å². The van der Waals surface area contributed by atoms with Gasteiger partial charge in [-0.25, -0.2) is 0 Å². The van der Waals surface area contributed by atoms with E-state index in [1.54, 1.807) is 7.11 Å². The molecular formula is C18H36N4O. The van der Waals surface area contributed by atoms with E-state index in [9.17, 15) is 0 Å². The van der Waals surface area contributed by atoms with Gasteiger partial charge in [0.1, 0.15) is 0 Å². The summed E-state index contributed by atoms with van der Waals surface area (Å²) in [6.45, 7) is 4.00. The first-order valence-electron chi connectivity index (χ1n) is 9.26. The summed E-state index contributed by atoms with van der Waals surface area (Å²) in [6.07, 6.45) is 8.17. The molecule has 5 nitrogen and oxygen atoms in total. The molecule has 0 spiro atoms. The molecule has 2 aliphatic rings. The van der Waals surface area contributed by atoms with Crippen molar-refractivity contribution in [2.75, 3.05) is 54.5 Å². The molecule has 23 heavy (non-hydrogen) atoms. The number of guanidine groups is 1. The van der Waals surface area contributed by atoms with Gasteiger partial charge in [0.25, 0.3) is 0 Å². The van der Waals surface area contributed by atoms with E-state index in [1.165, 1.54) is 38.5 Å². The molecule has 2 fully saturated rings. The van der Waals surface area contributed by atoms with Crippen LogP contribution in [0.3, 0.4) is 0 Å². The lowest BCUT2D eigenvalue weighted by molar-refractivity contribution is 0.156. The fourth-order valence-electron chi connectivity index (χ4n) is 4.21. The molecule has 1 heterocycles. The first-order chi connectivity index (χ1) is 11.2. The van der Waals surface area contributed by atoms with Gasteiger partial charge in [0.2, 0.25) is 0 Å². The molecule has 0 bridgehead atoms. The Kier molecular flexibility index (Phi) is 7.63. The Balaban J connectivity index is 1.85. The van der Waals surface area contributed by atoms with E-state index in [0.717, 1.165) is 38.1 Å². The molecule has 0 amide bonds. The van der Waals surface area contributed by atoms with E-state index in [4.69, 9.17) is 4.74 Å². The minimum absolute atomic E-state index is 0.601. The third-order valence-corrected chi connectivity index (χ3v) is 5.53. The van der Waals surface area contributed by atoms with Crippen LogP contribution in [0.25, 0.3) is 0 Å². The monoisotopic (exact) mass is 324 g/mol. The van der Waals surface area contributed by atoms with E-state index < -0.39 is 0 Å². The lowest BCUT2D eigenvalue weighted by Gasteiger charge is -2.36. The van der Waals surface area contributed by atoms with Crippen LogP contribution in [0, 0.1) is 11.8 Å². The molecule has 1 aliphatic heterocycles. The summed E-state index contributed by atoms with van der Waals surface area (Å²) in [5.41, 5.74) is 0. The fourth-order valence-corrected chi connectivity index (χ4v) is 4.21. The van der Waals surface area contributed by atoms with Crippen molar-refractivity contribution in [1.82, 2.24) is 15.1 Å². The van der Waals surface area contributed by atoms with Crippen molar-refractivity contribution in [2.24, 2.45) is 16.8 Å². The van der Waals surface area contributed by atoms with Crippen molar-refractivity contribution in [1.29, 1.82) is 0 Å². The lowest BCUT2D eigenvalue weighted by Crippen LogP contribution is -2.49. The van der Waals surface area contributed by atoms with E-state index >= 15 is 0 Å². The highest BCUT2D eigenvalue weighted by atomic mass is 16.5. The number of likely N-dealkylation sites (N-methyl/N-ethyl adjacent to an activating group) is 1. The predicted molar refractivity (Wildman–Crippen MR) is 97.0 cm³/mol. The molecular weight excluding hydrogens is 288 g/mol. The average molecular weight is 325 g/mol. The van der Waals surface area contributed by atoms with E-state index in [-0.39, 0.29) is 0 Å². The molecule has 2 rings (SSSR count). The number of likely N-dealkylation sites (tertiary alicyclic amines) is 1. The highest BCUT2D eigenvalue weighted by molar-refractivity contribution is 5.80. The molecule has 1 N–H and O–H groups in total. The molecule has 5 heteroatoms. The summed E-state index contributed by atoms with van der Waals surface area (Å²) in [5, 5.41) is 3.65. The number of ether oxygens (including phenoxy) is 1. The second-order valence-corrected chi connectivity index (χ2v) is 7.41. The number of nitrogens with one attached hydrogen (secondary N) is 1. The van der Waals surface area contributed by atoms with Crippen LogP contribution in [0.15, 0.2) is 4.99 Å². The largest absolute Gasteiger partial charge is 0.384 e. The van der Waals surface area contributed by atoms with Gasteiger partial charge in [-0.2, -0.15) is 0 Å². The Morgan fingerprint density at radius 2 is 2.00 bits per heavy atom. The number of rotatable bonds is 6. The van der Waals surface area contributed by atoms with Gasteiger partial charge in [0.15, 0.2) is 5.96 Å². The summed E-state index contributed by atoms with van der Waals surface area (Å²) in [7, 11) is 8.13. The molecule has 1 saturated heterocycles. The summed E-state index contributed by atoms with van der Waals surface area (Å²) >= 11 is 0. The molecule has 1 aliphatic carbocycles. The normalized spacial score (nSPS) is 25.2. The van der Waals surface area contributed by atoms with Crippen molar-refractivity contribution < 1.29 is 4.74 Å². The van der Waals surface area contributed by atoms with Crippen molar-refractivity contribution in [3.05, 3.63) is 0 Å². The first kappa shape index (κ1) is 18.5. The first-order valence-corrected chi connectivity index (χ1v) is 9.26. The molecule has 2 unspecified atom stereocenters. The molecule has 0 radical (unpaired) electrons. The van der Waals surface area contributed by atoms with Crippen LogP contribution < -0.4 is 5.32 Å². The van der Waals surface area contributed by atoms with Crippen LogP contribution in [0.5, 0.6) is 0 Å². The maximum atomic E-state index is 5.30. The smallest absolute Gasteiger partial charge is 0.193 e. The Morgan fingerprint density at radius 3 is 2.61 bits per heavy atom. The Bertz CT molecular complexity index is 366. The van der Waals surface area contributed by atoms with Gasteiger partial charge in [-0.1, -0.05) is 19.3 Å². The van der Waals surface area contributed by atoms with Crippen LogP contribution in [-0.2, 0) is 4.74 Å². The maximum Gasteiger partial charge on any atom is 0.193 e. The molecule has 134 valence electrons. The summed E-state index contributed by atoms with van der Waals surface area (Å²) < 4.78 is 5.30. The summed E-state index contributed by atoms with van der Waals surface area (Å²) in [6, 6.07) is 0.601. The van der Waals surface area contributed by atoms with E-state index in [1.807, 2.05) is 7.05 Å². The van der Waals surface area contributed by atoms with E-state index in [2.05, 4.69) is 34.2 Å². The Morgan fingerprint density at radius 1 is 1.26 bits per heavy atom. The zero-order valence-corrected chi connectivity index (χ0v) is 15.6. The topological polar surface area (TPSA) is 40.1 Å². The number of methoxy groups -OCH3 is 1. The third kappa shape index (κ3) is 5.35.